The van der Waals surface area contributed by atoms with Crippen molar-refractivity contribution >= 4 is 36.9 Å². The lowest BCUT2D eigenvalue weighted by Gasteiger charge is -2.21. The Labute approximate surface area is 188 Å². The highest BCUT2D eigenvalue weighted by Gasteiger charge is 2.28. The number of methoxy groups -OCH3 is 1. The summed E-state index contributed by atoms with van der Waals surface area (Å²) in [7, 11) is -2.94. The van der Waals surface area contributed by atoms with Crippen molar-refractivity contribution in [2.45, 2.75) is 39.5 Å². The van der Waals surface area contributed by atoms with Crippen molar-refractivity contribution in [3.8, 4) is 0 Å². The highest BCUT2D eigenvalue weighted by atomic mass is 31.2. The Bertz CT molecular complexity index is 984. The van der Waals surface area contributed by atoms with Gasteiger partial charge in [-0.3, -0.25) is 13.6 Å². The number of nitrogen functional groups attached to an aromatic ring is 1. The minimum atomic E-state index is -4.03. The summed E-state index contributed by atoms with van der Waals surface area (Å²) < 4.78 is 48.6. The molecule has 2 N–H and O–H groups in total. The van der Waals surface area contributed by atoms with Crippen LogP contribution in [-0.2, 0) is 43.8 Å². The van der Waals surface area contributed by atoms with Gasteiger partial charge in [0.15, 0.2) is 11.5 Å². The van der Waals surface area contributed by atoms with Crippen LogP contribution in [0.5, 0.6) is 0 Å². The number of fused-ring (bicyclic) bond motifs is 1. The molecule has 0 fully saturated rings. The average Bonchev–Trinajstić information content (AvgIpc) is 3.16. The standard InChI is InChI=1S/C17H26N5O10P/c1-11(2)32-17(24)28-9-31-33(25,30-8-27-16(23)26-4)10-29-12(3)5-22-7-21-13-14(18)19-6-20-15(13)22/h6-7,11-12H,5,8-10H2,1-4H3,(H2,18,19,20)/t12-,33?/m0/s1. The summed E-state index contributed by atoms with van der Waals surface area (Å²) in [5.74, 6) is 0.236. The van der Waals surface area contributed by atoms with Crippen LogP contribution in [0.25, 0.3) is 11.2 Å². The van der Waals surface area contributed by atoms with Crippen LogP contribution in [0.15, 0.2) is 12.7 Å². The minimum absolute atomic E-state index is 0.236. The lowest BCUT2D eigenvalue weighted by atomic mass is 10.4. The van der Waals surface area contributed by atoms with Gasteiger partial charge < -0.3 is 34.0 Å². The van der Waals surface area contributed by atoms with Crippen LogP contribution in [0.2, 0.25) is 0 Å². The summed E-state index contributed by atoms with van der Waals surface area (Å²) >= 11 is 0. The molecule has 0 spiro atoms. The number of carbonyl (C=O) groups is 2. The van der Waals surface area contributed by atoms with Gasteiger partial charge in [-0.15, -0.1) is 0 Å². The first-order valence-corrected chi connectivity index (χ1v) is 11.3. The van der Waals surface area contributed by atoms with Gasteiger partial charge in [0, 0.05) is 0 Å². The van der Waals surface area contributed by atoms with E-state index in [1.54, 1.807) is 25.3 Å². The van der Waals surface area contributed by atoms with Crippen LogP contribution in [0.4, 0.5) is 15.4 Å². The summed E-state index contributed by atoms with van der Waals surface area (Å²) in [4.78, 5) is 34.7. The summed E-state index contributed by atoms with van der Waals surface area (Å²) in [6.45, 7) is 3.71. The van der Waals surface area contributed by atoms with Crippen molar-refractivity contribution in [1.29, 1.82) is 0 Å². The van der Waals surface area contributed by atoms with Crippen molar-refractivity contribution in [3.63, 3.8) is 0 Å². The van der Waals surface area contributed by atoms with E-state index in [0.717, 1.165) is 7.11 Å². The van der Waals surface area contributed by atoms with Gasteiger partial charge in [-0.05, 0) is 20.8 Å². The predicted molar refractivity (Wildman–Crippen MR) is 111 cm³/mol. The summed E-state index contributed by atoms with van der Waals surface area (Å²) in [6.07, 6.45) is -0.745. The van der Waals surface area contributed by atoms with Crippen molar-refractivity contribution in [3.05, 3.63) is 12.7 Å². The summed E-state index contributed by atoms with van der Waals surface area (Å²) in [5.41, 5.74) is 6.71. The normalized spacial score (nSPS) is 14.0. The van der Waals surface area contributed by atoms with Crippen molar-refractivity contribution in [2.75, 3.05) is 32.8 Å². The molecule has 0 saturated carbocycles. The van der Waals surface area contributed by atoms with E-state index in [-0.39, 0.29) is 12.4 Å². The molecule has 0 saturated heterocycles. The molecule has 0 radical (unpaired) electrons. The number of imidazole rings is 1. The fraction of sp³-hybridized carbons (Fsp3) is 0.588. The van der Waals surface area contributed by atoms with Crippen molar-refractivity contribution < 1.29 is 46.9 Å². The van der Waals surface area contributed by atoms with Gasteiger partial charge in [0.05, 0.1) is 32.2 Å². The molecule has 16 heteroatoms. The SMILES string of the molecule is COC(=O)OCOP(=O)(CO[C@@H](C)Cn1cnc2c(N)ncnc21)OCOC(=O)OC(C)C. The smallest absolute Gasteiger partial charge is 0.438 e. The average molecular weight is 491 g/mol. The molecule has 2 heterocycles. The largest absolute Gasteiger partial charge is 0.510 e. The molecule has 0 amide bonds. The number of nitrogens with zero attached hydrogens (tertiary/aromatic N) is 4. The molecule has 2 aromatic heterocycles. The van der Waals surface area contributed by atoms with Crippen LogP contribution in [-0.4, -0.2) is 71.1 Å². The second kappa shape index (κ2) is 12.3. The van der Waals surface area contributed by atoms with Crippen LogP contribution in [0, 0.1) is 0 Å². The molecule has 0 aromatic carbocycles. The number of carbonyl (C=O) groups excluding carboxylic acids is 2. The zero-order chi connectivity index (χ0) is 24.4. The number of rotatable bonds is 12. The maximum absolute atomic E-state index is 13.0. The summed E-state index contributed by atoms with van der Waals surface area (Å²) in [5, 5.41) is 0. The topological polar surface area (TPSA) is 185 Å². The van der Waals surface area contributed by atoms with Crippen LogP contribution >= 0.6 is 7.60 Å². The van der Waals surface area contributed by atoms with Gasteiger partial charge in [0.25, 0.3) is 0 Å². The van der Waals surface area contributed by atoms with Gasteiger partial charge in [-0.1, -0.05) is 0 Å². The molecule has 0 aliphatic heterocycles. The highest BCUT2D eigenvalue weighted by Crippen LogP contribution is 2.48. The molecule has 2 aromatic rings. The third-order valence-corrected chi connectivity index (χ3v) is 5.21. The third kappa shape index (κ3) is 8.46. The number of ether oxygens (including phenoxy) is 5. The predicted octanol–water partition coefficient (Wildman–Crippen LogP) is 2.26. The van der Waals surface area contributed by atoms with Crippen LogP contribution < -0.4 is 5.73 Å². The Kier molecular flexibility index (Phi) is 9.78. The molecule has 33 heavy (non-hydrogen) atoms. The van der Waals surface area contributed by atoms with E-state index in [0.29, 0.717) is 11.2 Å². The summed E-state index contributed by atoms with van der Waals surface area (Å²) in [6, 6.07) is 0. The molecular weight excluding hydrogens is 465 g/mol. The quantitative estimate of drug-likeness (QED) is 0.259. The molecule has 15 nitrogen and oxygen atoms in total. The first kappa shape index (κ1) is 26.3. The fourth-order valence-electron chi connectivity index (χ4n) is 2.29. The van der Waals surface area contributed by atoms with Crippen molar-refractivity contribution in [2.24, 2.45) is 0 Å². The van der Waals surface area contributed by atoms with Gasteiger partial charge >= 0.3 is 19.9 Å². The Morgan fingerprint density at radius 1 is 1.09 bits per heavy atom. The molecular formula is C17H26N5O10P. The molecule has 184 valence electrons. The van der Waals surface area contributed by atoms with Crippen LogP contribution in [0.1, 0.15) is 20.8 Å². The van der Waals surface area contributed by atoms with E-state index >= 15 is 0 Å². The number of nitrogens with two attached hydrogens (primary N) is 1. The highest BCUT2D eigenvalue weighted by molar-refractivity contribution is 7.53. The monoisotopic (exact) mass is 491 g/mol. The van der Waals surface area contributed by atoms with Crippen LogP contribution in [0.3, 0.4) is 0 Å². The maximum atomic E-state index is 13.0. The Morgan fingerprint density at radius 3 is 2.39 bits per heavy atom. The van der Waals surface area contributed by atoms with E-state index in [9.17, 15) is 14.2 Å². The van der Waals surface area contributed by atoms with Gasteiger partial charge in [-0.25, -0.2) is 24.5 Å². The van der Waals surface area contributed by atoms with Crippen molar-refractivity contribution in [1.82, 2.24) is 19.5 Å². The zero-order valence-corrected chi connectivity index (χ0v) is 19.4. The molecule has 2 rings (SSSR count). The molecule has 1 unspecified atom stereocenters. The number of hydrogen-bond acceptors (Lipinski definition) is 14. The van der Waals surface area contributed by atoms with Gasteiger partial charge in [0.1, 0.15) is 18.2 Å². The van der Waals surface area contributed by atoms with Gasteiger partial charge in [0.2, 0.25) is 13.6 Å². The molecule has 0 aliphatic rings. The molecule has 0 aliphatic carbocycles. The van der Waals surface area contributed by atoms with E-state index < -0.39 is 52.0 Å². The van der Waals surface area contributed by atoms with E-state index in [2.05, 4.69) is 29.2 Å². The second-order valence-electron chi connectivity index (χ2n) is 6.70. The van der Waals surface area contributed by atoms with E-state index in [4.69, 9.17) is 24.3 Å². The molecule has 2 atom stereocenters. The fourth-order valence-corrected chi connectivity index (χ4v) is 3.37. The number of anilines is 1. The maximum Gasteiger partial charge on any atom is 0.510 e. The lowest BCUT2D eigenvalue weighted by Crippen LogP contribution is -2.20. The number of hydrogen-bond donors (Lipinski definition) is 1. The lowest BCUT2D eigenvalue weighted by molar-refractivity contribution is -0.0315. The Morgan fingerprint density at radius 2 is 1.76 bits per heavy atom. The third-order valence-electron chi connectivity index (χ3n) is 3.75. The first-order valence-electron chi connectivity index (χ1n) is 9.58. The first-order chi connectivity index (χ1) is 15.6. The second-order valence-corrected chi connectivity index (χ2v) is 8.70. The Hall–Kier alpha value is -3.00. The van der Waals surface area contributed by atoms with Gasteiger partial charge in [-0.2, -0.15) is 0 Å². The van der Waals surface area contributed by atoms with E-state index in [1.165, 1.54) is 12.7 Å². The minimum Gasteiger partial charge on any atom is -0.438 e. The van der Waals surface area contributed by atoms with E-state index in [1.807, 2.05) is 0 Å². The number of aromatic nitrogens is 4. The Balaban J connectivity index is 1.95. The zero-order valence-electron chi connectivity index (χ0n) is 18.5. The molecule has 0 bridgehead atoms.